The summed E-state index contributed by atoms with van der Waals surface area (Å²) >= 11 is 0. The van der Waals surface area contributed by atoms with Gasteiger partial charge in [-0.2, -0.15) is 13.2 Å². The maximum absolute atomic E-state index is 13.0. The van der Waals surface area contributed by atoms with Gasteiger partial charge in [0.1, 0.15) is 5.82 Å². The van der Waals surface area contributed by atoms with Crippen LogP contribution >= 0.6 is 0 Å². The smallest absolute Gasteiger partial charge is 0.387 e. The van der Waals surface area contributed by atoms with E-state index in [1.54, 1.807) is 0 Å². The van der Waals surface area contributed by atoms with Crippen LogP contribution < -0.4 is 5.73 Å². The topological polar surface area (TPSA) is 49.9 Å². The average Bonchev–Trinajstić information content (AvgIpc) is 1.99. The molecule has 0 saturated heterocycles. The summed E-state index contributed by atoms with van der Waals surface area (Å²) in [6.45, 7) is 0. The number of nitrogens with one attached hydrogen (secondary N) is 1. The second-order valence-corrected chi connectivity index (χ2v) is 3.01. The van der Waals surface area contributed by atoms with Crippen LogP contribution in [0, 0.1) is 11.2 Å². The fourth-order valence-electron chi connectivity index (χ4n) is 1.12. The Morgan fingerprint density at radius 2 is 1.93 bits per heavy atom. The highest BCUT2D eigenvalue weighted by Crippen LogP contribution is 2.31. The van der Waals surface area contributed by atoms with Crippen molar-refractivity contribution in [2.45, 2.75) is 12.6 Å². The van der Waals surface area contributed by atoms with E-state index in [1.165, 1.54) is 0 Å². The molecule has 2 nitrogen and oxygen atoms in total. The minimum absolute atomic E-state index is 0.0605. The quantitative estimate of drug-likeness (QED) is 0.448. The molecule has 0 saturated carbocycles. The SMILES string of the molecule is N=C(N)Cc1ccc(C(F)(F)F)c(F)c1. The van der Waals surface area contributed by atoms with Crippen LogP contribution in [-0.4, -0.2) is 5.84 Å². The van der Waals surface area contributed by atoms with Crippen LogP contribution in [0.25, 0.3) is 0 Å². The first kappa shape index (κ1) is 11.5. The molecule has 0 atom stereocenters. The van der Waals surface area contributed by atoms with Crippen molar-refractivity contribution in [1.82, 2.24) is 0 Å². The van der Waals surface area contributed by atoms with Crippen molar-refractivity contribution >= 4 is 5.84 Å². The van der Waals surface area contributed by atoms with Crippen LogP contribution in [0.5, 0.6) is 0 Å². The third-order valence-corrected chi connectivity index (χ3v) is 1.73. The van der Waals surface area contributed by atoms with E-state index in [4.69, 9.17) is 11.1 Å². The van der Waals surface area contributed by atoms with Crippen molar-refractivity contribution in [3.8, 4) is 0 Å². The highest BCUT2D eigenvalue weighted by atomic mass is 19.4. The zero-order valence-corrected chi connectivity index (χ0v) is 7.53. The third kappa shape index (κ3) is 2.93. The normalized spacial score (nSPS) is 11.5. The molecule has 0 heterocycles. The van der Waals surface area contributed by atoms with Crippen molar-refractivity contribution in [3.05, 3.63) is 35.1 Å². The van der Waals surface area contributed by atoms with Gasteiger partial charge in [0.25, 0.3) is 0 Å². The zero-order valence-electron chi connectivity index (χ0n) is 7.53. The number of hydrogen-bond donors (Lipinski definition) is 2. The molecule has 1 rings (SSSR count). The molecule has 0 radical (unpaired) electrons. The molecule has 15 heavy (non-hydrogen) atoms. The van der Waals surface area contributed by atoms with Crippen molar-refractivity contribution in [1.29, 1.82) is 5.41 Å². The predicted molar refractivity (Wildman–Crippen MR) is 47.0 cm³/mol. The molecular formula is C9H8F4N2. The second-order valence-electron chi connectivity index (χ2n) is 3.01. The van der Waals surface area contributed by atoms with Gasteiger partial charge in [-0.15, -0.1) is 0 Å². The molecule has 0 unspecified atom stereocenters. The molecule has 82 valence electrons. The molecule has 1 aromatic rings. The maximum Gasteiger partial charge on any atom is 0.419 e. The largest absolute Gasteiger partial charge is 0.419 e. The standard InChI is InChI=1S/C9H8F4N2/c10-7-3-5(4-8(14)15)1-2-6(7)9(11,12)13/h1-3H,4H2,(H3,14,15). The van der Waals surface area contributed by atoms with Gasteiger partial charge in [0.2, 0.25) is 0 Å². The summed E-state index contributed by atoms with van der Waals surface area (Å²) in [5.74, 6) is -1.57. The van der Waals surface area contributed by atoms with Gasteiger partial charge in [-0.05, 0) is 17.7 Å². The Bertz CT molecular complexity index is 384. The van der Waals surface area contributed by atoms with Gasteiger partial charge >= 0.3 is 6.18 Å². The monoisotopic (exact) mass is 220 g/mol. The Morgan fingerprint density at radius 3 is 2.33 bits per heavy atom. The molecule has 0 aliphatic carbocycles. The highest BCUT2D eigenvalue weighted by molar-refractivity contribution is 5.79. The van der Waals surface area contributed by atoms with E-state index in [0.29, 0.717) is 6.07 Å². The van der Waals surface area contributed by atoms with Gasteiger partial charge in [-0.1, -0.05) is 6.07 Å². The number of hydrogen-bond acceptors (Lipinski definition) is 1. The first-order valence-corrected chi connectivity index (χ1v) is 3.99. The summed E-state index contributed by atoms with van der Waals surface area (Å²) in [7, 11) is 0. The van der Waals surface area contributed by atoms with Gasteiger partial charge in [0.15, 0.2) is 0 Å². The van der Waals surface area contributed by atoms with E-state index in [2.05, 4.69) is 0 Å². The zero-order chi connectivity index (χ0) is 11.6. The minimum Gasteiger partial charge on any atom is -0.387 e. The molecule has 0 aromatic heterocycles. The molecule has 0 amide bonds. The first-order valence-electron chi connectivity index (χ1n) is 3.99. The number of benzene rings is 1. The van der Waals surface area contributed by atoms with Crippen molar-refractivity contribution in [2.24, 2.45) is 5.73 Å². The number of nitrogens with two attached hydrogens (primary N) is 1. The lowest BCUT2D eigenvalue weighted by Gasteiger charge is -2.08. The summed E-state index contributed by atoms with van der Waals surface area (Å²) < 4.78 is 49.4. The Labute approximate surface area is 83.2 Å². The molecule has 1 aromatic carbocycles. The first-order chi connectivity index (χ1) is 6.80. The van der Waals surface area contributed by atoms with Gasteiger partial charge in [-0.25, -0.2) is 4.39 Å². The number of alkyl halides is 3. The Hall–Kier alpha value is -1.59. The second kappa shape index (κ2) is 3.88. The van der Waals surface area contributed by atoms with E-state index in [0.717, 1.165) is 12.1 Å². The van der Waals surface area contributed by atoms with E-state index in [9.17, 15) is 17.6 Å². The lowest BCUT2D eigenvalue weighted by Crippen LogP contribution is -2.14. The van der Waals surface area contributed by atoms with Crippen LogP contribution in [0.15, 0.2) is 18.2 Å². The van der Waals surface area contributed by atoms with Crippen molar-refractivity contribution in [3.63, 3.8) is 0 Å². The van der Waals surface area contributed by atoms with Gasteiger partial charge in [0, 0.05) is 6.42 Å². The van der Waals surface area contributed by atoms with Crippen molar-refractivity contribution < 1.29 is 17.6 Å². The minimum atomic E-state index is -4.70. The molecule has 0 fully saturated rings. The lowest BCUT2D eigenvalue weighted by atomic mass is 10.1. The van der Waals surface area contributed by atoms with Crippen LogP contribution in [0.2, 0.25) is 0 Å². The number of halogens is 4. The Morgan fingerprint density at radius 1 is 1.33 bits per heavy atom. The van der Waals surface area contributed by atoms with Crippen LogP contribution in [0.1, 0.15) is 11.1 Å². The van der Waals surface area contributed by atoms with E-state index in [1.807, 2.05) is 0 Å². The molecule has 0 bridgehead atoms. The van der Waals surface area contributed by atoms with Gasteiger partial charge in [0.05, 0.1) is 11.4 Å². The molecular weight excluding hydrogens is 212 g/mol. The van der Waals surface area contributed by atoms with E-state index < -0.39 is 17.6 Å². The van der Waals surface area contributed by atoms with Gasteiger partial charge < -0.3 is 5.73 Å². The highest BCUT2D eigenvalue weighted by Gasteiger charge is 2.33. The average molecular weight is 220 g/mol. The predicted octanol–water partition coefficient (Wildman–Crippen LogP) is 2.32. The fourth-order valence-corrected chi connectivity index (χ4v) is 1.12. The van der Waals surface area contributed by atoms with Crippen LogP contribution in [-0.2, 0) is 12.6 Å². The summed E-state index contributed by atoms with van der Waals surface area (Å²) in [6, 6.07) is 2.49. The summed E-state index contributed by atoms with van der Waals surface area (Å²) in [4.78, 5) is 0. The molecule has 3 N–H and O–H groups in total. The van der Waals surface area contributed by atoms with Crippen LogP contribution in [0.3, 0.4) is 0 Å². The van der Waals surface area contributed by atoms with Gasteiger partial charge in [-0.3, -0.25) is 5.41 Å². The van der Waals surface area contributed by atoms with Crippen molar-refractivity contribution in [2.75, 3.05) is 0 Å². The number of rotatable bonds is 2. The maximum atomic E-state index is 13.0. The fraction of sp³-hybridized carbons (Fsp3) is 0.222. The van der Waals surface area contributed by atoms with E-state index >= 15 is 0 Å². The van der Waals surface area contributed by atoms with E-state index in [-0.39, 0.29) is 17.8 Å². The molecule has 0 aliphatic heterocycles. The molecule has 0 aliphatic rings. The summed E-state index contributed by atoms with van der Waals surface area (Å²) in [5.41, 5.74) is 3.97. The summed E-state index contributed by atoms with van der Waals surface area (Å²) in [6.07, 6.45) is -4.76. The lowest BCUT2D eigenvalue weighted by molar-refractivity contribution is -0.140. The molecule has 0 spiro atoms. The van der Waals surface area contributed by atoms with Crippen LogP contribution in [0.4, 0.5) is 17.6 Å². The Kier molecular flexibility index (Phi) is 2.97. The number of amidine groups is 1. The third-order valence-electron chi connectivity index (χ3n) is 1.73. The Balaban J connectivity index is 3.04. The summed E-state index contributed by atoms with van der Waals surface area (Å²) in [5, 5.41) is 6.91. The molecule has 6 heteroatoms.